The smallest absolute Gasteiger partial charge is 0.122 e. The van der Waals surface area contributed by atoms with E-state index in [1.54, 1.807) is 0 Å². The highest BCUT2D eigenvalue weighted by Gasteiger charge is 2.13. The summed E-state index contributed by atoms with van der Waals surface area (Å²) >= 11 is 6.03. The fraction of sp³-hybridized carbons (Fsp3) is 0.333. The maximum Gasteiger partial charge on any atom is 0.122 e. The molecule has 0 aromatic heterocycles. The van der Waals surface area contributed by atoms with E-state index >= 15 is 0 Å². The first-order chi connectivity index (χ1) is 12.3. The lowest BCUT2D eigenvalue weighted by Gasteiger charge is -2.09. The van der Waals surface area contributed by atoms with E-state index in [0.29, 0.717) is 12.5 Å². The Balaban J connectivity index is 1.77. The predicted molar refractivity (Wildman–Crippen MR) is 105 cm³/mol. The zero-order chi connectivity index (χ0) is 17.5. The van der Waals surface area contributed by atoms with E-state index in [4.69, 9.17) is 21.1 Å². The summed E-state index contributed by atoms with van der Waals surface area (Å²) in [5, 5.41) is 3.07. The normalized spacial score (nSPS) is 13.4. The molecule has 1 N–H and O–H groups in total. The number of nitrogens with one attached hydrogen (secondary N) is 1. The van der Waals surface area contributed by atoms with Gasteiger partial charge in [0.1, 0.15) is 18.1 Å². The largest absolute Gasteiger partial charge is 0.493 e. The van der Waals surface area contributed by atoms with Crippen LogP contribution < -0.4 is 14.8 Å². The molecule has 0 saturated heterocycles. The molecule has 0 atom stereocenters. The lowest BCUT2D eigenvalue weighted by molar-refractivity contribution is 0.318. The first-order valence-electron chi connectivity index (χ1n) is 8.70. The summed E-state index contributed by atoms with van der Waals surface area (Å²) in [6.07, 6.45) is 4.02. The third-order valence-corrected chi connectivity index (χ3v) is 4.45. The number of hydrogen-bond acceptors (Lipinski definition) is 3. The number of allylic oxidation sites excluding steroid dienone is 1. The van der Waals surface area contributed by atoms with E-state index < -0.39 is 0 Å². The summed E-state index contributed by atoms with van der Waals surface area (Å²) in [4.78, 5) is 0. The molecule has 0 spiro atoms. The number of likely N-dealkylation sites (N-methyl/N-ethyl adjacent to an activating group) is 1. The number of ether oxygens (including phenoxy) is 2. The Labute approximate surface area is 154 Å². The summed E-state index contributed by atoms with van der Waals surface area (Å²) in [5.74, 6) is 2.50. The maximum atomic E-state index is 6.03. The van der Waals surface area contributed by atoms with Crippen LogP contribution in [0.4, 0.5) is 0 Å². The van der Waals surface area contributed by atoms with Gasteiger partial charge < -0.3 is 14.8 Å². The van der Waals surface area contributed by atoms with E-state index in [-0.39, 0.29) is 0 Å². The second kappa shape index (κ2) is 8.93. The van der Waals surface area contributed by atoms with Crippen molar-refractivity contribution in [2.24, 2.45) is 0 Å². The highest BCUT2D eigenvalue weighted by molar-refractivity contribution is 6.18. The molecule has 4 heteroatoms. The molecule has 2 aromatic carbocycles. The molecule has 2 aromatic rings. The van der Waals surface area contributed by atoms with Crippen molar-refractivity contribution in [3.63, 3.8) is 0 Å². The third-order valence-electron chi connectivity index (χ3n) is 4.27. The molecule has 132 valence electrons. The standard InChI is InChI=1S/C21H24ClNO2/c1-23-11-13-24-20-5-2-16(3-6-20)14-18(8-10-22)17-4-7-21-19(15-17)9-12-25-21/h2-7,14-15,23H,8-13H2,1H3. The van der Waals surface area contributed by atoms with E-state index in [0.717, 1.165) is 43.1 Å². The molecule has 3 rings (SSSR count). The number of benzene rings is 2. The van der Waals surface area contributed by atoms with Gasteiger partial charge in [-0.05, 0) is 60.0 Å². The second-order valence-electron chi connectivity index (χ2n) is 6.05. The molecule has 0 unspecified atom stereocenters. The minimum Gasteiger partial charge on any atom is -0.493 e. The molecule has 0 bridgehead atoms. The average molecular weight is 358 g/mol. The van der Waals surface area contributed by atoms with Gasteiger partial charge in [0.15, 0.2) is 0 Å². The van der Waals surface area contributed by atoms with Gasteiger partial charge >= 0.3 is 0 Å². The van der Waals surface area contributed by atoms with Gasteiger partial charge in [-0.3, -0.25) is 0 Å². The Kier molecular flexibility index (Phi) is 6.37. The van der Waals surface area contributed by atoms with Crippen molar-refractivity contribution in [2.75, 3.05) is 32.7 Å². The molecule has 25 heavy (non-hydrogen) atoms. The Morgan fingerprint density at radius 2 is 2.08 bits per heavy atom. The summed E-state index contributed by atoms with van der Waals surface area (Å²) in [6.45, 7) is 2.28. The predicted octanol–water partition coefficient (Wildman–Crippen LogP) is 4.39. The average Bonchev–Trinajstić information content (AvgIpc) is 3.11. The maximum absolute atomic E-state index is 6.03. The van der Waals surface area contributed by atoms with E-state index in [1.807, 2.05) is 19.2 Å². The van der Waals surface area contributed by atoms with Gasteiger partial charge in [-0.1, -0.05) is 24.3 Å². The van der Waals surface area contributed by atoms with E-state index in [9.17, 15) is 0 Å². The van der Waals surface area contributed by atoms with Crippen molar-refractivity contribution in [2.45, 2.75) is 12.8 Å². The molecule has 1 heterocycles. The number of fused-ring (bicyclic) bond motifs is 1. The summed E-state index contributed by atoms with van der Waals surface area (Å²) in [6, 6.07) is 14.6. The van der Waals surface area contributed by atoms with Crippen molar-refractivity contribution in [1.82, 2.24) is 5.32 Å². The number of rotatable bonds is 8. The van der Waals surface area contributed by atoms with Crippen LogP contribution in [-0.4, -0.2) is 32.7 Å². The van der Waals surface area contributed by atoms with Gasteiger partial charge in [-0.2, -0.15) is 0 Å². The molecule has 1 aliphatic rings. The zero-order valence-corrected chi connectivity index (χ0v) is 15.3. The molecular formula is C21H24ClNO2. The molecule has 0 aliphatic carbocycles. The summed E-state index contributed by atoms with van der Waals surface area (Å²) in [7, 11) is 1.92. The topological polar surface area (TPSA) is 30.5 Å². The van der Waals surface area contributed by atoms with Crippen LogP contribution in [0.5, 0.6) is 11.5 Å². The van der Waals surface area contributed by atoms with Gasteiger partial charge in [-0.25, -0.2) is 0 Å². The number of halogens is 1. The fourth-order valence-corrected chi connectivity index (χ4v) is 3.12. The van der Waals surface area contributed by atoms with Gasteiger partial charge in [0.2, 0.25) is 0 Å². The van der Waals surface area contributed by atoms with Crippen LogP contribution in [0.25, 0.3) is 11.6 Å². The zero-order valence-electron chi connectivity index (χ0n) is 14.6. The highest BCUT2D eigenvalue weighted by atomic mass is 35.5. The molecular weight excluding hydrogens is 334 g/mol. The second-order valence-corrected chi connectivity index (χ2v) is 6.43. The van der Waals surface area contributed by atoms with Crippen LogP contribution in [0.15, 0.2) is 42.5 Å². The molecule has 0 amide bonds. The highest BCUT2D eigenvalue weighted by Crippen LogP contribution is 2.31. The molecule has 3 nitrogen and oxygen atoms in total. The van der Waals surface area contributed by atoms with Crippen molar-refractivity contribution >= 4 is 23.3 Å². The monoisotopic (exact) mass is 357 g/mol. The van der Waals surface area contributed by atoms with Gasteiger partial charge in [-0.15, -0.1) is 11.6 Å². The van der Waals surface area contributed by atoms with Crippen molar-refractivity contribution < 1.29 is 9.47 Å². The van der Waals surface area contributed by atoms with Gasteiger partial charge in [0.05, 0.1) is 6.61 Å². The number of hydrogen-bond donors (Lipinski definition) is 1. The lowest BCUT2D eigenvalue weighted by Crippen LogP contribution is -2.15. The first kappa shape index (κ1) is 17.8. The summed E-state index contributed by atoms with van der Waals surface area (Å²) < 4.78 is 11.3. The SMILES string of the molecule is CNCCOc1ccc(C=C(CCCl)c2ccc3c(c2)CCO3)cc1. The first-order valence-corrected chi connectivity index (χ1v) is 9.23. The van der Waals surface area contributed by atoms with Crippen molar-refractivity contribution in [3.05, 3.63) is 59.2 Å². The fourth-order valence-electron chi connectivity index (χ4n) is 2.92. The number of alkyl halides is 1. The molecule has 0 saturated carbocycles. The Morgan fingerprint density at radius 1 is 1.24 bits per heavy atom. The van der Waals surface area contributed by atoms with E-state index in [2.05, 4.69) is 41.7 Å². The van der Waals surface area contributed by atoms with Crippen molar-refractivity contribution in [3.8, 4) is 11.5 Å². The quantitative estimate of drug-likeness (QED) is 0.432. The van der Waals surface area contributed by atoms with Gasteiger partial charge in [0, 0.05) is 18.8 Å². The Hall–Kier alpha value is -1.97. The van der Waals surface area contributed by atoms with Crippen LogP contribution in [0.3, 0.4) is 0 Å². The van der Waals surface area contributed by atoms with E-state index in [1.165, 1.54) is 16.7 Å². The molecule has 0 fully saturated rings. The van der Waals surface area contributed by atoms with Crippen LogP contribution in [0.2, 0.25) is 0 Å². The van der Waals surface area contributed by atoms with Gasteiger partial charge in [0.25, 0.3) is 0 Å². The minimum atomic E-state index is 0.602. The third kappa shape index (κ3) is 4.77. The van der Waals surface area contributed by atoms with Crippen LogP contribution in [0, 0.1) is 0 Å². The molecule has 1 aliphatic heterocycles. The summed E-state index contributed by atoms with van der Waals surface area (Å²) in [5.41, 5.74) is 4.90. The molecule has 0 radical (unpaired) electrons. The lowest BCUT2D eigenvalue weighted by atomic mass is 9.98. The Morgan fingerprint density at radius 3 is 2.84 bits per heavy atom. The Bertz CT molecular complexity index is 725. The van der Waals surface area contributed by atoms with Crippen LogP contribution >= 0.6 is 11.6 Å². The van der Waals surface area contributed by atoms with Crippen LogP contribution in [0.1, 0.15) is 23.1 Å². The van der Waals surface area contributed by atoms with Crippen LogP contribution in [-0.2, 0) is 6.42 Å². The minimum absolute atomic E-state index is 0.602. The van der Waals surface area contributed by atoms with Crippen molar-refractivity contribution in [1.29, 1.82) is 0 Å².